The maximum absolute atomic E-state index is 13.8. The number of allylic oxidation sites excluding steroid dienone is 1. The molecule has 4 aliphatic carbocycles. The van der Waals surface area contributed by atoms with E-state index in [0.29, 0.717) is 35.4 Å². The van der Waals surface area contributed by atoms with E-state index in [0.717, 1.165) is 38.0 Å². The molecular formula is C27H44O2. The molecule has 3 fully saturated rings. The van der Waals surface area contributed by atoms with Crippen molar-refractivity contribution in [2.45, 2.75) is 105 Å². The molecule has 0 bridgehead atoms. The smallest absolute Gasteiger partial charge is 0.139 e. The van der Waals surface area contributed by atoms with Gasteiger partial charge in [0, 0.05) is 11.8 Å². The monoisotopic (exact) mass is 400 g/mol. The van der Waals surface area contributed by atoms with E-state index in [-0.39, 0.29) is 16.9 Å². The second kappa shape index (κ2) is 7.81. The largest absolute Gasteiger partial charge is 0.393 e. The third-order valence-electron chi connectivity index (χ3n) is 10.1. The minimum absolute atomic E-state index is 0.0890. The van der Waals surface area contributed by atoms with Crippen LogP contribution >= 0.6 is 0 Å². The quantitative estimate of drug-likeness (QED) is 0.530. The molecule has 0 radical (unpaired) electrons. The third kappa shape index (κ3) is 3.46. The van der Waals surface area contributed by atoms with E-state index in [2.05, 4.69) is 40.7 Å². The fraction of sp³-hybridized carbons (Fsp3) is 0.889. The molecule has 0 heterocycles. The topological polar surface area (TPSA) is 37.3 Å². The predicted octanol–water partition coefficient (Wildman–Crippen LogP) is 6.57. The summed E-state index contributed by atoms with van der Waals surface area (Å²) in [6, 6.07) is 0. The highest BCUT2D eigenvalue weighted by atomic mass is 16.3. The van der Waals surface area contributed by atoms with Gasteiger partial charge in [-0.25, -0.2) is 0 Å². The molecule has 0 amide bonds. The lowest BCUT2D eigenvalue weighted by Gasteiger charge is -2.57. The zero-order chi connectivity index (χ0) is 21.0. The highest BCUT2D eigenvalue weighted by Crippen LogP contribution is 2.66. The Morgan fingerprint density at radius 1 is 1.07 bits per heavy atom. The van der Waals surface area contributed by atoms with E-state index in [1.165, 1.54) is 37.7 Å². The lowest BCUT2D eigenvalue weighted by atomic mass is 9.46. The number of hydrogen-bond acceptors (Lipinski definition) is 2. The molecule has 3 saturated carbocycles. The zero-order valence-electron chi connectivity index (χ0n) is 19.5. The van der Waals surface area contributed by atoms with Crippen LogP contribution in [0, 0.1) is 46.3 Å². The molecule has 4 aliphatic rings. The fourth-order valence-corrected chi connectivity index (χ4v) is 8.34. The number of Topliss-reactive ketones (excluding diaryl/α,β-unsaturated/α-hetero) is 1. The van der Waals surface area contributed by atoms with Gasteiger partial charge in [0.1, 0.15) is 5.78 Å². The van der Waals surface area contributed by atoms with E-state index in [9.17, 15) is 9.90 Å². The van der Waals surface area contributed by atoms with Crippen LogP contribution in [0.1, 0.15) is 98.8 Å². The maximum atomic E-state index is 13.8. The Hall–Kier alpha value is -0.630. The van der Waals surface area contributed by atoms with Crippen LogP contribution in [-0.4, -0.2) is 17.0 Å². The average Bonchev–Trinajstić information content (AvgIpc) is 3.02. The molecule has 8 atom stereocenters. The van der Waals surface area contributed by atoms with Crippen molar-refractivity contribution in [1.82, 2.24) is 0 Å². The van der Waals surface area contributed by atoms with Gasteiger partial charge in [-0.05, 0) is 79.4 Å². The summed E-state index contributed by atoms with van der Waals surface area (Å²) in [5.74, 6) is 4.37. The summed E-state index contributed by atoms with van der Waals surface area (Å²) in [6.07, 6.45) is 13.5. The van der Waals surface area contributed by atoms with Crippen molar-refractivity contribution < 1.29 is 9.90 Å². The minimum atomic E-state index is -0.169. The molecule has 1 N–H and O–H groups in total. The first-order chi connectivity index (χ1) is 13.7. The third-order valence-corrected chi connectivity index (χ3v) is 10.1. The molecule has 2 nitrogen and oxygen atoms in total. The van der Waals surface area contributed by atoms with Crippen LogP contribution < -0.4 is 0 Å². The van der Waals surface area contributed by atoms with Crippen molar-refractivity contribution in [3.63, 3.8) is 0 Å². The maximum Gasteiger partial charge on any atom is 0.139 e. The number of ketones is 1. The zero-order valence-corrected chi connectivity index (χ0v) is 19.5. The summed E-state index contributed by atoms with van der Waals surface area (Å²) >= 11 is 0. The van der Waals surface area contributed by atoms with Crippen LogP contribution in [0.25, 0.3) is 0 Å². The average molecular weight is 401 g/mol. The van der Waals surface area contributed by atoms with Gasteiger partial charge >= 0.3 is 0 Å². The fourth-order valence-electron chi connectivity index (χ4n) is 8.34. The molecule has 2 heteroatoms. The Kier molecular flexibility index (Phi) is 5.82. The van der Waals surface area contributed by atoms with Crippen LogP contribution in [-0.2, 0) is 4.79 Å². The van der Waals surface area contributed by atoms with E-state index in [4.69, 9.17) is 0 Å². The number of aliphatic hydroxyl groups is 1. The Morgan fingerprint density at radius 3 is 2.55 bits per heavy atom. The van der Waals surface area contributed by atoms with Gasteiger partial charge in [0.15, 0.2) is 0 Å². The van der Waals surface area contributed by atoms with Gasteiger partial charge in [-0.2, -0.15) is 0 Å². The van der Waals surface area contributed by atoms with Crippen molar-refractivity contribution in [2.24, 2.45) is 46.3 Å². The van der Waals surface area contributed by atoms with Gasteiger partial charge in [0.2, 0.25) is 0 Å². The summed E-state index contributed by atoms with van der Waals surface area (Å²) in [5.41, 5.74) is 1.53. The van der Waals surface area contributed by atoms with Crippen LogP contribution in [0.3, 0.4) is 0 Å². The minimum Gasteiger partial charge on any atom is -0.393 e. The van der Waals surface area contributed by atoms with Gasteiger partial charge in [-0.15, -0.1) is 0 Å². The second-order valence-corrected chi connectivity index (χ2v) is 12.1. The molecule has 0 aromatic heterocycles. The summed E-state index contributed by atoms with van der Waals surface area (Å²) in [5, 5.41) is 10.2. The van der Waals surface area contributed by atoms with Crippen molar-refractivity contribution in [3.8, 4) is 0 Å². The standard InChI is InChI=1S/C27H44O2/c1-17(2)7-6-8-18(3)22-11-12-23-21-10-9-19-15-20(28)13-14-26(19,4)24(21)16-25(29)27(22,23)5/h9,17-18,20-24,28H,6-8,10-16H2,1-5H3/t18?,20-,21-,22+,23-,24-,26-,27+/m0/s1. The summed E-state index contributed by atoms with van der Waals surface area (Å²) in [4.78, 5) is 13.8. The summed E-state index contributed by atoms with van der Waals surface area (Å²) in [6.45, 7) is 11.8. The second-order valence-electron chi connectivity index (χ2n) is 12.1. The number of hydrogen-bond donors (Lipinski definition) is 1. The number of fused-ring (bicyclic) bond motifs is 5. The Bertz CT molecular complexity index is 663. The first kappa shape index (κ1) is 21.6. The van der Waals surface area contributed by atoms with E-state index >= 15 is 0 Å². The van der Waals surface area contributed by atoms with E-state index in [1.54, 1.807) is 0 Å². The molecule has 0 aliphatic heterocycles. The first-order valence-corrected chi connectivity index (χ1v) is 12.6. The SMILES string of the molecule is CC(C)CCCC(C)[C@H]1CC[C@H]2[C@@H]3CC=C4C[C@@H](O)CC[C@]4(C)[C@H]3CC(=O)[C@]12C. The lowest BCUT2D eigenvalue weighted by Crippen LogP contribution is -2.55. The summed E-state index contributed by atoms with van der Waals surface area (Å²) in [7, 11) is 0. The molecule has 0 saturated heterocycles. The Morgan fingerprint density at radius 2 is 1.83 bits per heavy atom. The van der Waals surface area contributed by atoms with E-state index in [1.807, 2.05) is 0 Å². The highest BCUT2D eigenvalue weighted by Gasteiger charge is 2.62. The number of carbonyl (C=O) groups is 1. The number of carbonyl (C=O) groups excluding carboxylic acids is 1. The summed E-state index contributed by atoms with van der Waals surface area (Å²) < 4.78 is 0. The van der Waals surface area contributed by atoms with Gasteiger partial charge < -0.3 is 5.11 Å². The molecule has 0 aromatic rings. The molecule has 0 aromatic carbocycles. The Balaban J connectivity index is 1.55. The molecular weight excluding hydrogens is 356 g/mol. The molecule has 1 unspecified atom stereocenters. The van der Waals surface area contributed by atoms with Crippen LogP contribution in [0.15, 0.2) is 11.6 Å². The van der Waals surface area contributed by atoms with Crippen molar-refractivity contribution >= 4 is 5.78 Å². The van der Waals surface area contributed by atoms with Gasteiger partial charge in [-0.3, -0.25) is 4.79 Å². The van der Waals surface area contributed by atoms with Gasteiger partial charge in [-0.1, -0.05) is 65.5 Å². The molecule has 164 valence electrons. The normalized spacial score (nSPS) is 45.4. The Labute approximate surface area is 178 Å². The predicted molar refractivity (Wildman–Crippen MR) is 119 cm³/mol. The molecule has 29 heavy (non-hydrogen) atoms. The first-order valence-electron chi connectivity index (χ1n) is 12.6. The van der Waals surface area contributed by atoms with Crippen molar-refractivity contribution in [2.75, 3.05) is 0 Å². The van der Waals surface area contributed by atoms with Crippen molar-refractivity contribution in [3.05, 3.63) is 11.6 Å². The van der Waals surface area contributed by atoms with Crippen molar-refractivity contribution in [1.29, 1.82) is 0 Å². The van der Waals surface area contributed by atoms with Crippen LogP contribution in [0.2, 0.25) is 0 Å². The van der Waals surface area contributed by atoms with Crippen LogP contribution in [0.5, 0.6) is 0 Å². The van der Waals surface area contributed by atoms with E-state index < -0.39 is 0 Å². The molecule has 0 spiro atoms. The highest BCUT2D eigenvalue weighted by molar-refractivity contribution is 5.87. The van der Waals surface area contributed by atoms with Gasteiger partial charge in [0.05, 0.1) is 6.10 Å². The van der Waals surface area contributed by atoms with Crippen LogP contribution in [0.4, 0.5) is 0 Å². The van der Waals surface area contributed by atoms with Gasteiger partial charge in [0.25, 0.3) is 0 Å². The lowest BCUT2D eigenvalue weighted by molar-refractivity contribution is -0.147. The number of rotatable bonds is 5. The molecule has 4 rings (SSSR count). The number of aliphatic hydroxyl groups excluding tert-OH is 1.